The number of ether oxygens (including phenoxy) is 4. The molecule has 3 aromatic carbocycles. The zero-order valence-corrected chi connectivity index (χ0v) is 22.6. The van der Waals surface area contributed by atoms with Gasteiger partial charge in [-0.1, -0.05) is 91.0 Å². The Morgan fingerprint density at radius 1 is 0.756 bits per heavy atom. The molecule has 0 unspecified atom stereocenters. The van der Waals surface area contributed by atoms with E-state index in [4.69, 9.17) is 30.4 Å². The number of rotatable bonds is 11. The van der Waals surface area contributed by atoms with Gasteiger partial charge in [-0.2, -0.15) is 5.10 Å². The van der Waals surface area contributed by atoms with Crippen molar-refractivity contribution >= 4 is 11.3 Å². The fourth-order valence-electron chi connectivity index (χ4n) is 5.21. The van der Waals surface area contributed by atoms with Gasteiger partial charge in [-0.25, -0.2) is 9.50 Å². The van der Waals surface area contributed by atoms with Crippen LogP contribution < -0.4 is 11.5 Å². The lowest BCUT2D eigenvalue weighted by molar-refractivity contribution is -0.125. The first-order valence-corrected chi connectivity index (χ1v) is 13.6. The summed E-state index contributed by atoms with van der Waals surface area (Å²) in [5.41, 5.74) is 16.2. The molecule has 0 amide bonds. The Morgan fingerprint density at radius 3 is 1.98 bits per heavy atom. The number of fused-ring (bicyclic) bond motifs is 1. The van der Waals surface area contributed by atoms with Gasteiger partial charge in [-0.3, -0.25) is 5.73 Å². The summed E-state index contributed by atoms with van der Waals surface area (Å²) in [5.74, 6) is 0.342. The predicted molar refractivity (Wildman–Crippen MR) is 154 cm³/mol. The molecule has 1 aliphatic heterocycles. The van der Waals surface area contributed by atoms with Crippen molar-refractivity contribution in [1.29, 1.82) is 0 Å². The molecule has 1 fully saturated rings. The first-order chi connectivity index (χ1) is 20.1. The van der Waals surface area contributed by atoms with E-state index in [0.29, 0.717) is 36.8 Å². The number of hydrogen-bond donors (Lipinski definition) is 2. The van der Waals surface area contributed by atoms with E-state index >= 15 is 0 Å². The standard InChI is InChI=1S/C32H33N5O4/c33-31-26-16-17-28(37(26)36-22-35-31)32(34)30(40-20-25-14-8-3-9-15-25)29(39-19-24-12-6-2-7-13-24)27(41-32)21-38-18-23-10-4-1-5-11-23/h1-17,22,27,29-30H,18-21,34H2,(H2,33,35,36)/t27-,29-,30-,32+/m1/s1. The van der Waals surface area contributed by atoms with Crippen LogP contribution in [-0.2, 0) is 44.5 Å². The summed E-state index contributed by atoms with van der Waals surface area (Å²) in [4.78, 5) is 4.12. The lowest BCUT2D eigenvalue weighted by Crippen LogP contribution is -2.51. The van der Waals surface area contributed by atoms with Crippen LogP contribution >= 0.6 is 0 Å². The van der Waals surface area contributed by atoms with Gasteiger partial charge < -0.3 is 24.7 Å². The third-order valence-corrected chi connectivity index (χ3v) is 7.27. The maximum absolute atomic E-state index is 7.18. The largest absolute Gasteiger partial charge is 0.382 e. The molecule has 6 rings (SSSR count). The number of nitrogen functional groups attached to an aromatic ring is 1. The van der Waals surface area contributed by atoms with Crippen molar-refractivity contribution in [3.8, 4) is 0 Å². The van der Waals surface area contributed by atoms with Gasteiger partial charge in [-0.15, -0.1) is 0 Å². The molecular weight excluding hydrogens is 518 g/mol. The van der Waals surface area contributed by atoms with Gasteiger partial charge in [0.1, 0.15) is 30.2 Å². The summed E-state index contributed by atoms with van der Waals surface area (Å²) >= 11 is 0. The average molecular weight is 552 g/mol. The van der Waals surface area contributed by atoms with Crippen molar-refractivity contribution in [2.75, 3.05) is 12.3 Å². The van der Waals surface area contributed by atoms with Crippen LogP contribution in [0.15, 0.2) is 109 Å². The lowest BCUT2D eigenvalue weighted by atomic mass is 9.99. The van der Waals surface area contributed by atoms with Gasteiger partial charge >= 0.3 is 0 Å². The van der Waals surface area contributed by atoms with Crippen LogP contribution in [0.5, 0.6) is 0 Å². The average Bonchev–Trinajstić information content (AvgIpc) is 3.57. The molecule has 41 heavy (non-hydrogen) atoms. The van der Waals surface area contributed by atoms with E-state index < -0.39 is 24.0 Å². The normalized spacial score (nSPS) is 22.3. The number of nitrogens with two attached hydrogens (primary N) is 2. The van der Waals surface area contributed by atoms with Crippen molar-refractivity contribution in [3.05, 3.63) is 132 Å². The highest BCUT2D eigenvalue weighted by Crippen LogP contribution is 2.41. The molecule has 0 saturated carbocycles. The van der Waals surface area contributed by atoms with Crippen LogP contribution in [-0.4, -0.2) is 39.5 Å². The van der Waals surface area contributed by atoms with Gasteiger partial charge in [0.15, 0.2) is 11.5 Å². The van der Waals surface area contributed by atoms with Crippen molar-refractivity contribution in [2.24, 2.45) is 5.73 Å². The SMILES string of the molecule is Nc1ncnn2c([C@]3(N)O[C@H](COCc4ccccc4)[C@@H](OCc4ccccc4)[C@H]3OCc3ccccc3)ccc12. The first kappa shape index (κ1) is 27.1. The van der Waals surface area contributed by atoms with Crippen LogP contribution in [0.3, 0.4) is 0 Å². The lowest BCUT2D eigenvalue weighted by Gasteiger charge is -2.31. The van der Waals surface area contributed by atoms with Gasteiger partial charge in [0, 0.05) is 0 Å². The van der Waals surface area contributed by atoms with E-state index in [9.17, 15) is 0 Å². The second-order valence-electron chi connectivity index (χ2n) is 10.1. The van der Waals surface area contributed by atoms with E-state index in [-0.39, 0.29) is 6.61 Å². The molecule has 0 spiro atoms. The molecular formula is C32H33N5O4. The Hall–Kier alpha value is -4.12. The van der Waals surface area contributed by atoms with E-state index in [2.05, 4.69) is 10.1 Å². The Balaban J connectivity index is 1.33. The maximum atomic E-state index is 7.18. The number of nitrogens with zero attached hydrogens (tertiary/aromatic N) is 3. The quantitative estimate of drug-likeness (QED) is 0.251. The summed E-state index contributed by atoms with van der Waals surface area (Å²) in [5, 5.41) is 4.43. The summed E-state index contributed by atoms with van der Waals surface area (Å²) < 4.78 is 27.6. The minimum atomic E-state index is -1.43. The smallest absolute Gasteiger partial charge is 0.189 e. The first-order valence-electron chi connectivity index (χ1n) is 13.6. The molecule has 9 nitrogen and oxygen atoms in total. The summed E-state index contributed by atoms with van der Waals surface area (Å²) in [7, 11) is 0. The molecule has 5 aromatic rings. The highest BCUT2D eigenvalue weighted by atomic mass is 16.6. The third-order valence-electron chi connectivity index (χ3n) is 7.27. The van der Waals surface area contributed by atoms with E-state index in [1.807, 2.05) is 103 Å². The number of anilines is 1. The zero-order chi connectivity index (χ0) is 28.1. The molecule has 4 atom stereocenters. The molecule has 4 N–H and O–H groups in total. The Bertz CT molecular complexity index is 1550. The predicted octanol–water partition coefficient (Wildman–Crippen LogP) is 4.21. The third kappa shape index (κ3) is 5.85. The minimum Gasteiger partial charge on any atom is -0.382 e. The zero-order valence-electron chi connectivity index (χ0n) is 22.6. The number of hydrogen-bond acceptors (Lipinski definition) is 8. The fraction of sp³-hybridized carbons (Fsp3) is 0.250. The van der Waals surface area contributed by atoms with E-state index in [1.165, 1.54) is 6.33 Å². The molecule has 0 radical (unpaired) electrons. The van der Waals surface area contributed by atoms with Crippen LogP contribution in [0.1, 0.15) is 22.4 Å². The Kier molecular flexibility index (Phi) is 8.04. The molecule has 0 aliphatic carbocycles. The molecule has 0 bridgehead atoms. The number of benzene rings is 3. The molecule has 210 valence electrons. The summed E-state index contributed by atoms with van der Waals surface area (Å²) in [6, 6.07) is 33.6. The topological polar surface area (TPSA) is 119 Å². The van der Waals surface area contributed by atoms with Crippen molar-refractivity contribution in [3.63, 3.8) is 0 Å². The monoisotopic (exact) mass is 551 g/mol. The maximum Gasteiger partial charge on any atom is 0.189 e. The summed E-state index contributed by atoms with van der Waals surface area (Å²) in [6.45, 7) is 1.35. The highest BCUT2D eigenvalue weighted by molar-refractivity contribution is 5.65. The summed E-state index contributed by atoms with van der Waals surface area (Å²) in [6.07, 6.45) is -0.387. The Morgan fingerprint density at radius 2 is 1.34 bits per heavy atom. The van der Waals surface area contributed by atoms with Crippen LogP contribution in [0, 0.1) is 0 Å². The van der Waals surface area contributed by atoms with Gasteiger partial charge in [0.25, 0.3) is 0 Å². The Labute approximate surface area is 238 Å². The van der Waals surface area contributed by atoms with E-state index in [0.717, 1.165) is 16.7 Å². The molecule has 1 saturated heterocycles. The van der Waals surface area contributed by atoms with Crippen LogP contribution in [0.4, 0.5) is 5.82 Å². The van der Waals surface area contributed by atoms with Gasteiger partial charge in [0.2, 0.25) is 0 Å². The fourth-order valence-corrected chi connectivity index (χ4v) is 5.21. The molecule has 2 aromatic heterocycles. The molecule has 3 heterocycles. The number of aromatic nitrogens is 3. The second kappa shape index (κ2) is 12.2. The van der Waals surface area contributed by atoms with Crippen LogP contribution in [0.25, 0.3) is 5.52 Å². The second-order valence-corrected chi connectivity index (χ2v) is 10.1. The van der Waals surface area contributed by atoms with Crippen molar-refractivity contribution < 1.29 is 18.9 Å². The van der Waals surface area contributed by atoms with Gasteiger partial charge in [0.05, 0.1) is 32.1 Å². The molecule has 1 aliphatic rings. The highest BCUT2D eigenvalue weighted by Gasteiger charge is 2.57. The van der Waals surface area contributed by atoms with Crippen molar-refractivity contribution in [2.45, 2.75) is 43.9 Å². The van der Waals surface area contributed by atoms with E-state index in [1.54, 1.807) is 4.52 Å². The van der Waals surface area contributed by atoms with Gasteiger partial charge in [-0.05, 0) is 28.8 Å². The van der Waals surface area contributed by atoms with Crippen molar-refractivity contribution in [1.82, 2.24) is 14.6 Å². The van der Waals surface area contributed by atoms with Crippen LogP contribution in [0.2, 0.25) is 0 Å². The molecule has 9 heteroatoms. The minimum absolute atomic E-state index is 0.249.